The highest BCUT2D eigenvalue weighted by Crippen LogP contribution is 2.28. The van der Waals surface area contributed by atoms with Gasteiger partial charge in [0.15, 0.2) is 0 Å². The quantitative estimate of drug-likeness (QED) is 0.845. The van der Waals surface area contributed by atoms with E-state index in [9.17, 15) is 9.59 Å². The van der Waals surface area contributed by atoms with Gasteiger partial charge in [0.1, 0.15) is 0 Å². The van der Waals surface area contributed by atoms with E-state index in [0.29, 0.717) is 11.5 Å². The van der Waals surface area contributed by atoms with Crippen molar-refractivity contribution in [2.24, 2.45) is 5.92 Å². The molecule has 1 aliphatic carbocycles. The summed E-state index contributed by atoms with van der Waals surface area (Å²) in [5.74, 6) is 0.622. The molecule has 0 bridgehead atoms. The standard InChI is InChI=1S/C21H24N2O2/c1-14(23-15(2)24)17-8-10-18(11-9-17)19-4-3-5-20(12-19)21(25)22-13-16-6-7-16/h3-5,8-12,14,16H,6-7,13H2,1-2H3,(H,22,25)(H,23,24)/t14-/m1/s1. The molecule has 0 heterocycles. The summed E-state index contributed by atoms with van der Waals surface area (Å²) in [6.07, 6.45) is 2.45. The fourth-order valence-electron chi connectivity index (χ4n) is 2.85. The van der Waals surface area contributed by atoms with E-state index in [1.165, 1.54) is 19.8 Å². The van der Waals surface area contributed by atoms with Crippen LogP contribution >= 0.6 is 0 Å². The molecular weight excluding hydrogens is 312 g/mol. The minimum atomic E-state index is -0.0403. The van der Waals surface area contributed by atoms with Crippen LogP contribution in [0.4, 0.5) is 0 Å². The Morgan fingerprint density at radius 2 is 1.80 bits per heavy atom. The lowest BCUT2D eigenvalue weighted by Crippen LogP contribution is -2.25. The molecule has 2 aromatic rings. The van der Waals surface area contributed by atoms with E-state index in [2.05, 4.69) is 10.6 Å². The number of rotatable bonds is 6. The minimum Gasteiger partial charge on any atom is -0.352 e. The molecule has 0 aromatic heterocycles. The number of hydrogen-bond donors (Lipinski definition) is 2. The fraction of sp³-hybridized carbons (Fsp3) is 0.333. The first-order valence-electron chi connectivity index (χ1n) is 8.78. The summed E-state index contributed by atoms with van der Waals surface area (Å²) >= 11 is 0. The summed E-state index contributed by atoms with van der Waals surface area (Å²) in [5, 5.41) is 5.88. The van der Waals surface area contributed by atoms with Gasteiger partial charge < -0.3 is 10.6 Å². The number of carbonyl (C=O) groups excluding carboxylic acids is 2. The van der Waals surface area contributed by atoms with Crippen molar-refractivity contribution in [2.75, 3.05) is 6.54 Å². The third kappa shape index (κ3) is 4.69. The topological polar surface area (TPSA) is 58.2 Å². The van der Waals surface area contributed by atoms with Gasteiger partial charge in [-0.05, 0) is 54.5 Å². The SMILES string of the molecule is CC(=O)N[C@H](C)c1ccc(-c2cccc(C(=O)NCC3CC3)c2)cc1. The molecule has 0 unspecified atom stereocenters. The van der Waals surface area contributed by atoms with E-state index in [1.807, 2.05) is 55.5 Å². The Balaban J connectivity index is 1.71. The summed E-state index contributed by atoms with van der Waals surface area (Å²) in [5.41, 5.74) is 3.81. The lowest BCUT2D eigenvalue weighted by atomic mass is 9.99. The molecule has 4 nitrogen and oxygen atoms in total. The van der Waals surface area contributed by atoms with Gasteiger partial charge in [0, 0.05) is 19.0 Å². The van der Waals surface area contributed by atoms with Crippen molar-refractivity contribution >= 4 is 11.8 Å². The van der Waals surface area contributed by atoms with Crippen LogP contribution in [-0.4, -0.2) is 18.4 Å². The van der Waals surface area contributed by atoms with Crippen LogP contribution in [0.3, 0.4) is 0 Å². The summed E-state index contributed by atoms with van der Waals surface area (Å²) in [4.78, 5) is 23.4. The number of amides is 2. The van der Waals surface area contributed by atoms with E-state index < -0.39 is 0 Å². The zero-order valence-corrected chi connectivity index (χ0v) is 14.7. The Labute approximate surface area is 148 Å². The Bertz CT molecular complexity index is 764. The largest absolute Gasteiger partial charge is 0.352 e. The molecule has 0 spiro atoms. The molecule has 2 amide bonds. The van der Waals surface area contributed by atoms with Crippen molar-refractivity contribution in [1.82, 2.24) is 10.6 Å². The lowest BCUT2D eigenvalue weighted by molar-refractivity contribution is -0.119. The summed E-state index contributed by atoms with van der Waals surface area (Å²) in [7, 11) is 0. The predicted molar refractivity (Wildman–Crippen MR) is 99.2 cm³/mol. The van der Waals surface area contributed by atoms with Crippen molar-refractivity contribution in [2.45, 2.75) is 32.7 Å². The zero-order chi connectivity index (χ0) is 17.8. The van der Waals surface area contributed by atoms with Gasteiger partial charge >= 0.3 is 0 Å². The van der Waals surface area contributed by atoms with Crippen LogP contribution in [0.5, 0.6) is 0 Å². The number of nitrogens with one attached hydrogen (secondary N) is 2. The van der Waals surface area contributed by atoms with E-state index in [0.717, 1.165) is 23.2 Å². The molecule has 1 atom stereocenters. The molecule has 1 aliphatic rings. The van der Waals surface area contributed by atoms with Crippen LogP contribution in [0.15, 0.2) is 48.5 Å². The maximum Gasteiger partial charge on any atom is 0.251 e. The van der Waals surface area contributed by atoms with Gasteiger partial charge in [0.05, 0.1) is 6.04 Å². The molecule has 2 aromatic carbocycles. The molecule has 0 radical (unpaired) electrons. The highest BCUT2D eigenvalue weighted by atomic mass is 16.2. The Kier molecular flexibility index (Phi) is 5.17. The van der Waals surface area contributed by atoms with Crippen LogP contribution < -0.4 is 10.6 Å². The minimum absolute atomic E-state index is 0.00958. The summed E-state index contributed by atoms with van der Waals surface area (Å²) in [6, 6.07) is 15.7. The molecule has 0 aliphatic heterocycles. The van der Waals surface area contributed by atoms with E-state index >= 15 is 0 Å². The van der Waals surface area contributed by atoms with Gasteiger partial charge in [-0.2, -0.15) is 0 Å². The van der Waals surface area contributed by atoms with Gasteiger partial charge in [-0.25, -0.2) is 0 Å². The van der Waals surface area contributed by atoms with Crippen molar-refractivity contribution in [3.05, 3.63) is 59.7 Å². The highest BCUT2D eigenvalue weighted by molar-refractivity contribution is 5.95. The first-order valence-corrected chi connectivity index (χ1v) is 8.78. The van der Waals surface area contributed by atoms with Gasteiger partial charge in [-0.15, -0.1) is 0 Å². The first-order chi connectivity index (χ1) is 12.0. The van der Waals surface area contributed by atoms with E-state index in [1.54, 1.807) is 0 Å². The van der Waals surface area contributed by atoms with Gasteiger partial charge in [-0.3, -0.25) is 9.59 Å². The van der Waals surface area contributed by atoms with Crippen molar-refractivity contribution in [1.29, 1.82) is 0 Å². The van der Waals surface area contributed by atoms with E-state index in [4.69, 9.17) is 0 Å². The monoisotopic (exact) mass is 336 g/mol. The number of carbonyl (C=O) groups is 2. The van der Waals surface area contributed by atoms with Crippen LogP contribution in [0.2, 0.25) is 0 Å². The van der Waals surface area contributed by atoms with Crippen molar-refractivity contribution in [3.8, 4) is 11.1 Å². The molecule has 3 rings (SSSR count). The summed E-state index contributed by atoms with van der Waals surface area (Å²) < 4.78 is 0. The summed E-state index contributed by atoms with van der Waals surface area (Å²) in [6.45, 7) is 4.25. The molecule has 2 N–H and O–H groups in total. The maximum absolute atomic E-state index is 12.3. The first kappa shape index (κ1) is 17.2. The highest BCUT2D eigenvalue weighted by Gasteiger charge is 2.21. The van der Waals surface area contributed by atoms with Crippen LogP contribution in [-0.2, 0) is 4.79 Å². The second-order valence-electron chi connectivity index (χ2n) is 6.78. The Morgan fingerprint density at radius 1 is 1.08 bits per heavy atom. The van der Waals surface area contributed by atoms with Crippen molar-refractivity contribution in [3.63, 3.8) is 0 Å². The Morgan fingerprint density at radius 3 is 2.44 bits per heavy atom. The zero-order valence-electron chi connectivity index (χ0n) is 14.7. The van der Waals surface area contributed by atoms with Gasteiger partial charge in [0.25, 0.3) is 5.91 Å². The van der Waals surface area contributed by atoms with Gasteiger partial charge in [0.2, 0.25) is 5.91 Å². The normalized spacial score (nSPS) is 14.6. The smallest absolute Gasteiger partial charge is 0.251 e. The average molecular weight is 336 g/mol. The molecule has 1 saturated carbocycles. The van der Waals surface area contributed by atoms with Crippen LogP contribution in [0, 0.1) is 5.92 Å². The second-order valence-corrected chi connectivity index (χ2v) is 6.78. The van der Waals surface area contributed by atoms with Crippen LogP contribution in [0.1, 0.15) is 48.7 Å². The Hall–Kier alpha value is -2.62. The molecule has 4 heteroatoms. The fourth-order valence-corrected chi connectivity index (χ4v) is 2.85. The molecule has 1 fully saturated rings. The predicted octanol–water partition coefficient (Wildman–Crippen LogP) is 3.69. The van der Waals surface area contributed by atoms with Crippen LogP contribution in [0.25, 0.3) is 11.1 Å². The third-order valence-electron chi connectivity index (χ3n) is 4.54. The molecule has 130 valence electrons. The number of benzene rings is 2. The number of hydrogen-bond acceptors (Lipinski definition) is 2. The van der Waals surface area contributed by atoms with Crippen molar-refractivity contribution < 1.29 is 9.59 Å². The average Bonchev–Trinajstić information content (AvgIpc) is 3.44. The maximum atomic E-state index is 12.3. The molecule has 0 saturated heterocycles. The second kappa shape index (κ2) is 7.51. The van der Waals surface area contributed by atoms with Gasteiger partial charge in [-0.1, -0.05) is 36.4 Å². The molecule has 25 heavy (non-hydrogen) atoms. The molecular formula is C21H24N2O2. The third-order valence-corrected chi connectivity index (χ3v) is 4.54. The lowest BCUT2D eigenvalue weighted by Gasteiger charge is -2.13. The van der Waals surface area contributed by atoms with E-state index in [-0.39, 0.29) is 17.9 Å².